The molecule has 0 spiro atoms. The van der Waals surface area contributed by atoms with Crippen LogP contribution in [0.5, 0.6) is 0 Å². The van der Waals surface area contributed by atoms with E-state index in [0.29, 0.717) is 13.2 Å². The first-order valence-electron chi connectivity index (χ1n) is 9.94. The summed E-state index contributed by atoms with van der Waals surface area (Å²) in [5, 5.41) is 0. The van der Waals surface area contributed by atoms with Gasteiger partial charge in [-0.3, -0.25) is 0 Å². The lowest BCUT2D eigenvalue weighted by Gasteiger charge is -2.27. The number of hydrogen-bond donors (Lipinski definition) is 0. The molecular formula is C19H36O7Si. The van der Waals surface area contributed by atoms with Gasteiger partial charge < -0.3 is 33.2 Å². The molecule has 0 N–H and O–H groups in total. The summed E-state index contributed by atoms with van der Waals surface area (Å²) >= 11 is 0. The highest BCUT2D eigenvalue weighted by Gasteiger charge is 2.57. The Morgan fingerprint density at radius 1 is 0.852 bits per heavy atom. The summed E-state index contributed by atoms with van der Waals surface area (Å²) in [5.41, 5.74) is 0. The van der Waals surface area contributed by atoms with E-state index in [0.717, 1.165) is 12.7 Å². The fourth-order valence-corrected chi connectivity index (χ4v) is 4.54. The first-order chi connectivity index (χ1) is 12.5. The molecule has 0 aromatic rings. The van der Waals surface area contributed by atoms with Gasteiger partial charge in [-0.2, -0.15) is 0 Å². The number of hydrogen-bond acceptors (Lipinski definition) is 7. The Kier molecular flexibility index (Phi) is 6.40. The van der Waals surface area contributed by atoms with Crippen LogP contribution in [0.1, 0.15) is 27.7 Å². The average molecular weight is 405 g/mol. The Morgan fingerprint density at radius 2 is 1.52 bits per heavy atom. The van der Waals surface area contributed by atoms with E-state index in [9.17, 15) is 0 Å². The van der Waals surface area contributed by atoms with E-state index < -0.39 is 19.6 Å². The molecule has 0 amide bonds. The number of fused-ring (bicyclic) bond motifs is 1. The fourth-order valence-electron chi connectivity index (χ4n) is 3.78. The Morgan fingerprint density at radius 3 is 2.22 bits per heavy atom. The molecule has 3 rings (SSSR count). The monoisotopic (exact) mass is 404 g/mol. The maximum atomic E-state index is 6.15. The summed E-state index contributed by atoms with van der Waals surface area (Å²) in [6.07, 6.45) is -0.965. The maximum absolute atomic E-state index is 6.15. The van der Waals surface area contributed by atoms with Crippen molar-refractivity contribution in [2.45, 2.75) is 95.5 Å². The van der Waals surface area contributed by atoms with E-state index in [1.165, 1.54) is 0 Å². The van der Waals surface area contributed by atoms with Crippen molar-refractivity contribution in [3.63, 3.8) is 0 Å². The third kappa shape index (κ3) is 5.73. The summed E-state index contributed by atoms with van der Waals surface area (Å²) in [4.78, 5) is 0. The molecule has 1 unspecified atom stereocenters. The minimum atomic E-state index is -1.08. The normalized spacial score (nSPS) is 37.7. The van der Waals surface area contributed by atoms with Crippen LogP contribution < -0.4 is 0 Å². The van der Waals surface area contributed by atoms with E-state index >= 15 is 0 Å². The zero-order valence-corrected chi connectivity index (χ0v) is 18.8. The standard InChI is InChI=1S/C19H36O7Si/c1-18(2)23-13(10-21-12-20-8-9-27(5,6)7)15(25-18)17-16-14(11-22-17)24-19(3,4)26-16/h13-17H,8-12H2,1-7H3/t13-,14-,15+,16-,17?/m1/s1. The van der Waals surface area contributed by atoms with Crippen molar-refractivity contribution in [2.75, 3.05) is 26.6 Å². The third-order valence-electron chi connectivity index (χ3n) is 4.99. The van der Waals surface area contributed by atoms with Gasteiger partial charge in [-0.1, -0.05) is 19.6 Å². The number of ether oxygens (including phenoxy) is 7. The lowest BCUT2D eigenvalue weighted by Crippen LogP contribution is -2.45. The van der Waals surface area contributed by atoms with Crippen molar-refractivity contribution in [1.29, 1.82) is 0 Å². The van der Waals surface area contributed by atoms with Crippen molar-refractivity contribution in [3.05, 3.63) is 0 Å². The molecule has 0 radical (unpaired) electrons. The largest absolute Gasteiger partial charge is 0.370 e. The molecule has 3 saturated heterocycles. The molecule has 27 heavy (non-hydrogen) atoms. The molecule has 3 aliphatic rings. The first kappa shape index (κ1) is 21.6. The first-order valence-corrected chi connectivity index (χ1v) is 13.6. The lowest BCUT2D eigenvalue weighted by molar-refractivity contribution is -0.195. The van der Waals surface area contributed by atoms with Gasteiger partial charge in [-0.05, 0) is 33.7 Å². The predicted octanol–water partition coefficient (Wildman–Crippen LogP) is 2.75. The van der Waals surface area contributed by atoms with Gasteiger partial charge in [0.05, 0.1) is 13.2 Å². The Balaban J connectivity index is 1.50. The fraction of sp³-hybridized carbons (Fsp3) is 1.00. The second kappa shape index (κ2) is 7.99. The summed E-state index contributed by atoms with van der Waals surface area (Å²) < 4.78 is 41.5. The van der Waals surface area contributed by atoms with Gasteiger partial charge in [0.15, 0.2) is 11.6 Å². The molecule has 0 bridgehead atoms. The highest BCUT2D eigenvalue weighted by Crippen LogP contribution is 2.41. The van der Waals surface area contributed by atoms with Crippen molar-refractivity contribution in [1.82, 2.24) is 0 Å². The minimum Gasteiger partial charge on any atom is -0.370 e. The molecule has 7 nitrogen and oxygen atoms in total. The van der Waals surface area contributed by atoms with Gasteiger partial charge in [0.2, 0.25) is 0 Å². The molecule has 3 fully saturated rings. The minimum absolute atomic E-state index is 0.0659. The van der Waals surface area contributed by atoms with E-state index in [2.05, 4.69) is 19.6 Å². The Bertz CT molecular complexity index is 505. The van der Waals surface area contributed by atoms with Crippen molar-refractivity contribution < 1.29 is 33.2 Å². The highest BCUT2D eigenvalue weighted by molar-refractivity contribution is 6.76. The topological polar surface area (TPSA) is 64.6 Å². The second-order valence-corrected chi connectivity index (χ2v) is 15.4. The van der Waals surface area contributed by atoms with Gasteiger partial charge in [-0.15, -0.1) is 0 Å². The van der Waals surface area contributed by atoms with Gasteiger partial charge in [0.1, 0.15) is 37.3 Å². The molecule has 5 atom stereocenters. The van der Waals surface area contributed by atoms with Crippen molar-refractivity contribution in [3.8, 4) is 0 Å². The van der Waals surface area contributed by atoms with E-state index in [1.54, 1.807) is 0 Å². The molecular weight excluding hydrogens is 368 g/mol. The van der Waals surface area contributed by atoms with Crippen LogP contribution in [0.25, 0.3) is 0 Å². The number of rotatable bonds is 8. The van der Waals surface area contributed by atoms with Gasteiger partial charge in [0, 0.05) is 14.7 Å². The molecule has 158 valence electrons. The van der Waals surface area contributed by atoms with E-state index in [-0.39, 0.29) is 37.3 Å². The summed E-state index contributed by atoms with van der Waals surface area (Å²) in [6.45, 7) is 16.6. The average Bonchev–Trinajstić information content (AvgIpc) is 3.10. The van der Waals surface area contributed by atoms with Crippen LogP contribution in [0.4, 0.5) is 0 Å². The molecule has 0 aromatic carbocycles. The van der Waals surface area contributed by atoms with Crippen LogP contribution >= 0.6 is 0 Å². The maximum Gasteiger partial charge on any atom is 0.164 e. The highest BCUT2D eigenvalue weighted by atomic mass is 28.3. The van der Waals surface area contributed by atoms with E-state index in [1.807, 2.05) is 27.7 Å². The van der Waals surface area contributed by atoms with Gasteiger partial charge in [0.25, 0.3) is 0 Å². The van der Waals surface area contributed by atoms with Crippen molar-refractivity contribution >= 4 is 8.07 Å². The van der Waals surface area contributed by atoms with Gasteiger partial charge >= 0.3 is 0 Å². The second-order valence-electron chi connectivity index (χ2n) is 9.78. The zero-order chi connectivity index (χ0) is 19.9. The molecule has 8 heteroatoms. The predicted molar refractivity (Wildman–Crippen MR) is 102 cm³/mol. The SMILES string of the molecule is CC1(C)O[C@H](C2OC[C@H]3OC(C)(C)O[C@@H]23)[C@@H](COCOCC[Si](C)(C)C)O1. The molecule has 0 aromatic heterocycles. The van der Waals surface area contributed by atoms with Crippen LogP contribution in [-0.2, 0) is 33.2 Å². The zero-order valence-electron chi connectivity index (χ0n) is 17.8. The van der Waals surface area contributed by atoms with Crippen LogP contribution in [-0.4, -0.2) is 76.8 Å². The van der Waals surface area contributed by atoms with E-state index in [4.69, 9.17) is 33.2 Å². The summed E-state index contributed by atoms with van der Waals surface area (Å²) in [5.74, 6) is -1.28. The molecule has 0 aliphatic carbocycles. The Labute approximate surface area is 163 Å². The third-order valence-corrected chi connectivity index (χ3v) is 6.69. The quantitative estimate of drug-likeness (QED) is 0.350. The van der Waals surface area contributed by atoms with Crippen LogP contribution in [0.2, 0.25) is 25.7 Å². The molecule has 3 aliphatic heterocycles. The van der Waals surface area contributed by atoms with Gasteiger partial charge in [-0.25, -0.2) is 0 Å². The van der Waals surface area contributed by atoms with Crippen LogP contribution in [0.3, 0.4) is 0 Å². The summed E-state index contributed by atoms with van der Waals surface area (Å²) in [6, 6.07) is 1.13. The Hall–Kier alpha value is -0.0631. The van der Waals surface area contributed by atoms with Crippen LogP contribution in [0, 0.1) is 0 Å². The molecule has 0 saturated carbocycles. The van der Waals surface area contributed by atoms with Crippen LogP contribution in [0.15, 0.2) is 0 Å². The summed E-state index contributed by atoms with van der Waals surface area (Å²) in [7, 11) is -1.08. The molecule has 3 heterocycles. The van der Waals surface area contributed by atoms with Crippen molar-refractivity contribution in [2.24, 2.45) is 0 Å². The lowest BCUT2D eigenvalue weighted by atomic mass is 10.0. The smallest absolute Gasteiger partial charge is 0.164 e.